The number of urea groups is 1. The van der Waals surface area contributed by atoms with Crippen LogP contribution in [-0.2, 0) is 5.60 Å². The molecule has 2 heterocycles. The van der Waals surface area contributed by atoms with Gasteiger partial charge in [0.2, 0.25) is 0 Å². The Morgan fingerprint density at radius 2 is 1.49 bits per heavy atom. The molecule has 0 radical (unpaired) electrons. The Labute approximate surface area is 232 Å². The van der Waals surface area contributed by atoms with Crippen molar-refractivity contribution in [1.82, 2.24) is 10.6 Å². The first-order valence-corrected chi connectivity index (χ1v) is 14.8. The number of carbonyl (C=O) groups is 1. The van der Waals surface area contributed by atoms with Gasteiger partial charge in [-0.1, -0.05) is 78.9 Å². The minimum absolute atomic E-state index is 0.186. The third-order valence-electron chi connectivity index (χ3n) is 9.65. The van der Waals surface area contributed by atoms with Crippen LogP contribution in [0.1, 0.15) is 74.5 Å². The van der Waals surface area contributed by atoms with Crippen LogP contribution < -0.4 is 15.5 Å². The van der Waals surface area contributed by atoms with E-state index in [-0.39, 0.29) is 12.1 Å². The number of fused-ring (bicyclic) bond motifs is 5. The molecular weight excluding hydrogens is 482 g/mol. The minimum atomic E-state index is -1.33. The summed E-state index contributed by atoms with van der Waals surface area (Å²) in [6, 6.07) is 28.3. The maximum Gasteiger partial charge on any atom is 0.315 e. The first-order valence-electron chi connectivity index (χ1n) is 14.8. The van der Waals surface area contributed by atoms with E-state index in [1.54, 1.807) is 5.56 Å². The SMILES string of the molecule is C[C@H](NC(=O)NC1CCC(CCC2[C@H]3CCN2c2ccccc23)CC1)C(O)(c1ccccc1)c1ccccc1. The number of rotatable bonds is 8. The molecule has 3 aromatic carbocycles. The van der Waals surface area contributed by atoms with Gasteiger partial charge in [0.05, 0.1) is 6.04 Å². The van der Waals surface area contributed by atoms with Crippen molar-refractivity contribution in [2.45, 2.75) is 81.5 Å². The van der Waals surface area contributed by atoms with Gasteiger partial charge in [0.15, 0.2) is 0 Å². The second kappa shape index (κ2) is 11.1. The van der Waals surface area contributed by atoms with Crippen LogP contribution in [0.5, 0.6) is 0 Å². The second-order valence-electron chi connectivity index (χ2n) is 11.8. The maximum atomic E-state index is 13.1. The van der Waals surface area contributed by atoms with Crippen molar-refractivity contribution in [1.29, 1.82) is 0 Å². The molecule has 204 valence electrons. The Morgan fingerprint density at radius 3 is 2.13 bits per heavy atom. The summed E-state index contributed by atoms with van der Waals surface area (Å²) in [5.74, 6) is 1.46. The summed E-state index contributed by atoms with van der Waals surface area (Å²) >= 11 is 0. The predicted octanol–water partition coefficient (Wildman–Crippen LogP) is 6.33. The molecule has 5 nitrogen and oxygen atoms in total. The van der Waals surface area contributed by atoms with E-state index >= 15 is 0 Å². The second-order valence-corrected chi connectivity index (χ2v) is 11.8. The van der Waals surface area contributed by atoms with E-state index in [1.165, 1.54) is 44.3 Å². The molecular formula is C34H41N3O2. The van der Waals surface area contributed by atoms with Gasteiger partial charge in [-0.15, -0.1) is 0 Å². The molecule has 6 rings (SSSR count). The van der Waals surface area contributed by atoms with Crippen molar-refractivity contribution >= 4 is 11.7 Å². The van der Waals surface area contributed by atoms with E-state index in [0.29, 0.717) is 6.04 Å². The fourth-order valence-corrected chi connectivity index (χ4v) is 7.52. The molecule has 2 bridgehead atoms. The highest BCUT2D eigenvalue weighted by atomic mass is 16.3. The predicted molar refractivity (Wildman–Crippen MR) is 157 cm³/mol. The lowest BCUT2D eigenvalue weighted by Gasteiger charge is -2.36. The van der Waals surface area contributed by atoms with Crippen LogP contribution in [0.15, 0.2) is 84.9 Å². The van der Waals surface area contributed by atoms with Crippen LogP contribution in [0.4, 0.5) is 10.5 Å². The van der Waals surface area contributed by atoms with Crippen LogP contribution in [-0.4, -0.2) is 35.8 Å². The molecule has 1 saturated heterocycles. The molecule has 2 aliphatic heterocycles. The third kappa shape index (κ3) is 5.05. The van der Waals surface area contributed by atoms with Crippen LogP contribution >= 0.6 is 0 Å². The molecule has 1 saturated carbocycles. The largest absolute Gasteiger partial charge is 0.378 e. The van der Waals surface area contributed by atoms with Gasteiger partial charge in [0.1, 0.15) is 5.60 Å². The van der Waals surface area contributed by atoms with Gasteiger partial charge in [-0.3, -0.25) is 0 Å². The average molecular weight is 524 g/mol. The highest BCUT2D eigenvalue weighted by Gasteiger charge is 2.43. The van der Waals surface area contributed by atoms with Gasteiger partial charge in [0, 0.05) is 30.2 Å². The molecule has 0 aromatic heterocycles. The Hall–Kier alpha value is -3.31. The topological polar surface area (TPSA) is 64.6 Å². The smallest absolute Gasteiger partial charge is 0.315 e. The van der Waals surface area contributed by atoms with E-state index < -0.39 is 11.6 Å². The molecule has 2 amide bonds. The van der Waals surface area contributed by atoms with E-state index in [4.69, 9.17) is 0 Å². The first kappa shape index (κ1) is 25.9. The van der Waals surface area contributed by atoms with Crippen molar-refractivity contribution < 1.29 is 9.90 Å². The molecule has 1 unspecified atom stereocenters. The van der Waals surface area contributed by atoms with Crippen molar-refractivity contribution in [2.24, 2.45) is 5.92 Å². The highest BCUT2D eigenvalue weighted by molar-refractivity contribution is 5.75. The lowest BCUT2D eigenvalue weighted by molar-refractivity contribution is 0.0470. The van der Waals surface area contributed by atoms with Crippen molar-refractivity contribution in [3.63, 3.8) is 0 Å². The average Bonchev–Trinajstić information content (AvgIpc) is 3.53. The quantitative estimate of drug-likeness (QED) is 0.324. The summed E-state index contributed by atoms with van der Waals surface area (Å²) < 4.78 is 0. The fraction of sp³-hybridized carbons (Fsp3) is 0.441. The van der Waals surface area contributed by atoms with Crippen LogP contribution in [0.3, 0.4) is 0 Å². The Bertz CT molecular complexity index is 1190. The number of carbonyl (C=O) groups excluding carboxylic acids is 1. The number of nitrogens with zero attached hydrogens (tertiary/aromatic N) is 1. The van der Waals surface area contributed by atoms with Gasteiger partial charge in [0.25, 0.3) is 0 Å². The zero-order chi connectivity index (χ0) is 26.8. The molecule has 0 spiro atoms. The molecule has 3 N–H and O–H groups in total. The fourth-order valence-electron chi connectivity index (χ4n) is 7.52. The number of anilines is 1. The summed E-state index contributed by atoms with van der Waals surface area (Å²) in [5, 5.41) is 18.2. The van der Waals surface area contributed by atoms with Crippen molar-refractivity contribution in [2.75, 3.05) is 11.4 Å². The standard InChI is InChI=1S/C34H41N3O2/c1-24(34(39,26-10-4-2-5-11-26)27-12-6-3-7-13-27)35-33(38)36-28-19-16-25(17-20-28)18-21-32-30-22-23-37(32)31-15-9-8-14-29(30)31/h2-15,24-25,28,30,32,39H,16-23H2,1H3,(H2,35,36,38)/t24-,25?,28?,30-,32?/m0/s1. The number of benzene rings is 3. The van der Waals surface area contributed by atoms with Crippen molar-refractivity contribution in [3.05, 3.63) is 102 Å². The lowest BCUT2D eigenvalue weighted by Crippen LogP contribution is -2.54. The number of hydrogen-bond acceptors (Lipinski definition) is 3. The number of aliphatic hydroxyl groups is 1. The van der Waals surface area contributed by atoms with Gasteiger partial charge >= 0.3 is 6.03 Å². The summed E-state index contributed by atoms with van der Waals surface area (Å²) in [4.78, 5) is 15.7. The molecule has 3 aliphatic rings. The number of hydrogen-bond donors (Lipinski definition) is 3. The monoisotopic (exact) mass is 523 g/mol. The maximum absolute atomic E-state index is 13.1. The Kier molecular flexibility index (Phi) is 7.35. The highest BCUT2D eigenvalue weighted by Crippen LogP contribution is 2.49. The molecule has 3 atom stereocenters. The zero-order valence-corrected chi connectivity index (χ0v) is 22.9. The molecule has 39 heavy (non-hydrogen) atoms. The van der Waals surface area contributed by atoms with Crippen LogP contribution in [0.25, 0.3) is 0 Å². The summed E-state index contributed by atoms with van der Waals surface area (Å²) in [5.41, 5.74) is 3.23. The molecule has 3 aromatic rings. The van der Waals surface area contributed by atoms with Gasteiger partial charge < -0.3 is 20.6 Å². The molecule has 2 fully saturated rings. The van der Waals surface area contributed by atoms with Crippen LogP contribution in [0, 0.1) is 5.92 Å². The van der Waals surface area contributed by atoms with Crippen molar-refractivity contribution in [3.8, 4) is 0 Å². The summed E-state index contributed by atoms with van der Waals surface area (Å²) in [7, 11) is 0. The van der Waals surface area contributed by atoms with E-state index in [0.717, 1.165) is 35.8 Å². The Balaban J connectivity index is 1.00. The lowest BCUT2D eigenvalue weighted by atomic mass is 9.80. The number of nitrogens with one attached hydrogen (secondary N) is 2. The third-order valence-corrected chi connectivity index (χ3v) is 9.65. The molecule has 1 aliphatic carbocycles. The van der Waals surface area contributed by atoms with Crippen LogP contribution in [0.2, 0.25) is 0 Å². The number of amides is 2. The molecule has 5 heteroatoms. The van der Waals surface area contributed by atoms with Gasteiger partial charge in [-0.25, -0.2) is 4.79 Å². The Morgan fingerprint density at radius 1 is 0.872 bits per heavy atom. The van der Waals surface area contributed by atoms with Gasteiger partial charge in [-0.05, 0) is 80.5 Å². The first-order chi connectivity index (χ1) is 19.0. The zero-order valence-electron chi connectivity index (χ0n) is 22.9. The van der Waals surface area contributed by atoms with Gasteiger partial charge in [-0.2, -0.15) is 0 Å². The summed E-state index contributed by atoms with van der Waals surface area (Å²) in [6.45, 7) is 3.08. The number of para-hydroxylation sites is 1. The van der Waals surface area contributed by atoms with E-state index in [1.807, 2.05) is 67.6 Å². The minimum Gasteiger partial charge on any atom is -0.378 e. The normalized spacial score (nSPS) is 24.7. The van der Waals surface area contributed by atoms with E-state index in [9.17, 15) is 9.90 Å². The van der Waals surface area contributed by atoms with E-state index in [2.05, 4.69) is 39.8 Å². The summed E-state index contributed by atoms with van der Waals surface area (Å²) in [6.07, 6.45) is 8.24.